The van der Waals surface area contributed by atoms with Gasteiger partial charge in [0.25, 0.3) is 5.91 Å². The van der Waals surface area contributed by atoms with Crippen molar-refractivity contribution in [1.82, 2.24) is 14.7 Å². The van der Waals surface area contributed by atoms with E-state index in [2.05, 4.69) is 27.2 Å². The maximum Gasteiger partial charge on any atom is 0.276 e. The molecule has 2 fully saturated rings. The number of hydrogen-bond acceptors (Lipinski definition) is 6. The number of anilines is 2. The summed E-state index contributed by atoms with van der Waals surface area (Å²) < 4.78 is 13.0. The first-order chi connectivity index (χ1) is 16.7. The summed E-state index contributed by atoms with van der Waals surface area (Å²) in [5.41, 5.74) is 3.24. The molecular weight excluding hydrogens is 430 g/mol. The van der Waals surface area contributed by atoms with Gasteiger partial charge in [-0.1, -0.05) is 12.1 Å². The van der Waals surface area contributed by atoms with Crippen LogP contribution in [0.25, 0.3) is 10.9 Å². The Kier molecular flexibility index (Phi) is 6.97. The Morgan fingerprint density at radius 2 is 1.76 bits per heavy atom. The maximum atomic E-state index is 13.3. The lowest BCUT2D eigenvalue weighted by molar-refractivity contribution is 0.0361. The molecule has 2 aliphatic rings. The van der Waals surface area contributed by atoms with Gasteiger partial charge in [0.1, 0.15) is 11.3 Å². The van der Waals surface area contributed by atoms with E-state index in [1.165, 1.54) is 24.9 Å². The molecule has 0 saturated carbocycles. The molecule has 3 heterocycles. The fourth-order valence-electron chi connectivity index (χ4n) is 4.86. The van der Waals surface area contributed by atoms with E-state index in [-0.39, 0.29) is 5.91 Å². The average Bonchev–Trinajstić information content (AvgIpc) is 3.28. The highest BCUT2D eigenvalue weighted by Gasteiger charge is 2.21. The van der Waals surface area contributed by atoms with E-state index in [4.69, 9.17) is 14.6 Å². The first kappa shape index (κ1) is 22.7. The van der Waals surface area contributed by atoms with Crippen LogP contribution >= 0.6 is 0 Å². The Hall–Kier alpha value is -3.10. The van der Waals surface area contributed by atoms with Gasteiger partial charge >= 0.3 is 0 Å². The van der Waals surface area contributed by atoms with Crippen LogP contribution in [-0.4, -0.2) is 73.6 Å². The fourth-order valence-corrected chi connectivity index (χ4v) is 4.86. The van der Waals surface area contributed by atoms with E-state index in [9.17, 15) is 4.79 Å². The lowest BCUT2D eigenvalue weighted by Gasteiger charge is -2.28. The predicted octanol–water partition coefficient (Wildman–Crippen LogP) is 3.62. The van der Waals surface area contributed by atoms with Crippen LogP contribution in [0.1, 0.15) is 29.8 Å². The summed E-state index contributed by atoms with van der Waals surface area (Å²) in [6.45, 7) is 7.06. The number of nitrogens with zero attached hydrogens (tertiary/aromatic N) is 4. The Labute approximate surface area is 200 Å². The quantitative estimate of drug-likeness (QED) is 0.577. The normalized spacial score (nSPS) is 17.1. The summed E-state index contributed by atoms with van der Waals surface area (Å²) in [7, 11) is 1.65. The number of ether oxygens (including phenoxy) is 2. The number of carbonyl (C=O) groups excluding carboxylic acids is 1. The molecule has 0 spiro atoms. The molecule has 0 atom stereocenters. The molecule has 0 radical (unpaired) electrons. The molecule has 0 aliphatic carbocycles. The van der Waals surface area contributed by atoms with Gasteiger partial charge in [-0.2, -0.15) is 5.10 Å². The van der Waals surface area contributed by atoms with Crippen molar-refractivity contribution in [3.05, 3.63) is 48.2 Å². The summed E-state index contributed by atoms with van der Waals surface area (Å²) >= 11 is 0. The molecule has 34 heavy (non-hydrogen) atoms. The van der Waals surface area contributed by atoms with Crippen LogP contribution in [0.4, 0.5) is 11.4 Å². The lowest BCUT2D eigenvalue weighted by Crippen LogP contribution is -2.38. The highest BCUT2D eigenvalue weighted by molar-refractivity contribution is 6.12. The maximum absolute atomic E-state index is 13.3. The summed E-state index contributed by atoms with van der Waals surface area (Å²) in [5.74, 6) is 0.506. The second kappa shape index (κ2) is 10.4. The number of amides is 1. The van der Waals surface area contributed by atoms with Gasteiger partial charge in [-0.25, -0.2) is 0 Å². The number of piperidine rings is 1. The van der Waals surface area contributed by atoms with Crippen LogP contribution in [0.3, 0.4) is 0 Å². The Balaban J connectivity index is 1.35. The van der Waals surface area contributed by atoms with Crippen molar-refractivity contribution in [2.24, 2.45) is 0 Å². The first-order valence-electron chi connectivity index (χ1n) is 12.2. The van der Waals surface area contributed by atoms with E-state index in [1.54, 1.807) is 7.11 Å². The molecule has 180 valence electrons. The number of morpholine rings is 1. The van der Waals surface area contributed by atoms with Crippen LogP contribution in [0, 0.1) is 0 Å². The van der Waals surface area contributed by atoms with Crippen LogP contribution in [0.5, 0.6) is 5.75 Å². The van der Waals surface area contributed by atoms with Crippen molar-refractivity contribution in [2.45, 2.75) is 25.8 Å². The number of hydrogen-bond donors (Lipinski definition) is 1. The van der Waals surface area contributed by atoms with E-state index < -0.39 is 0 Å². The molecule has 0 bridgehead atoms. The van der Waals surface area contributed by atoms with Crippen molar-refractivity contribution >= 4 is 28.2 Å². The molecule has 2 aromatic carbocycles. The van der Waals surface area contributed by atoms with Gasteiger partial charge in [-0.3, -0.25) is 14.4 Å². The summed E-state index contributed by atoms with van der Waals surface area (Å²) in [6.07, 6.45) is 3.79. The predicted molar refractivity (Wildman–Crippen MR) is 134 cm³/mol. The third-order valence-electron chi connectivity index (χ3n) is 6.75. The number of fused-ring (bicyclic) bond motifs is 1. The van der Waals surface area contributed by atoms with E-state index in [1.807, 2.05) is 35.0 Å². The molecule has 5 rings (SSSR count). The molecule has 2 aliphatic heterocycles. The van der Waals surface area contributed by atoms with Gasteiger partial charge in [0.2, 0.25) is 0 Å². The third-order valence-corrected chi connectivity index (χ3v) is 6.75. The van der Waals surface area contributed by atoms with Gasteiger partial charge in [0.05, 0.1) is 26.9 Å². The SMILES string of the molecule is COc1cccc2c(C(=O)Nc3ccc(N4CCCCC4)cc3)nn(CCN3CCOCC3)c12. The van der Waals surface area contributed by atoms with Gasteiger partial charge in [0, 0.05) is 49.5 Å². The van der Waals surface area contributed by atoms with Crippen LogP contribution < -0.4 is 15.0 Å². The molecule has 1 amide bonds. The van der Waals surface area contributed by atoms with Crippen molar-refractivity contribution < 1.29 is 14.3 Å². The van der Waals surface area contributed by atoms with Crippen molar-refractivity contribution in [1.29, 1.82) is 0 Å². The minimum absolute atomic E-state index is 0.214. The van der Waals surface area contributed by atoms with E-state index >= 15 is 0 Å². The minimum Gasteiger partial charge on any atom is -0.494 e. The van der Waals surface area contributed by atoms with Crippen LogP contribution in [0.15, 0.2) is 42.5 Å². The Morgan fingerprint density at radius 1 is 1.00 bits per heavy atom. The van der Waals surface area contributed by atoms with Crippen molar-refractivity contribution in [3.8, 4) is 5.75 Å². The molecule has 3 aromatic rings. The second-order valence-electron chi connectivity index (χ2n) is 8.93. The molecule has 8 heteroatoms. The monoisotopic (exact) mass is 463 g/mol. The smallest absolute Gasteiger partial charge is 0.276 e. The van der Waals surface area contributed by atoms with Crippen LogP contribution in [-0.2, 0) is 11.3 Å². The zero-order valence-electron chi connectivity index (χ0n) is 19.8. The zero-order valence-corrected chi connectivity index (χ0v) is 19.8. The first-order valence-corrected chi connectivity index (χ1v) is 12.2. The van der Waals surface area contributed by atoms with Gasteiger partial charge < -0.3 is 19.7 Å². The highest BCUT2D eigenvalue weighted by Crippen LogP contribution is 2.29. The number of aromatic nitrogens is 2. The van der Waals surface area contributed by atoms with Gasteiger partial charge in [-0.15, -0.1) is 0 Å². The van der Waals surface area contributed by atoms with E-state index in [0.29, 0.717) is 12.2 Å². The molecule has 0 unspecified atom stereocenters. The Morgan fingerprint density at radius 3 is 2.50 bits per heavy atom. The minimum atomic E-state index is -0.214. The number of rotatable bonds is 7. The number of carbonyl (C=O) groups is 1. The topological polar surface area (TPSA) is 71.9 Å². The molecule has 2 saturated heterocycles. The van der Waals surface area contributed by atoms with Gasteiger partial charge in [0.15, 0.2) is 5.69 Å². The highest BCUT2D eigenvalue weighted by atomic mass is 16.5. The number of methoxy groups -OCH3 is 1. The average molecular weight is 464 g/mol. The zero-order chi connectivity index (χ0) is 23.3. The lowest BCUT2D eigenvalue weighted by atomic mass is 10.1. The largest absolute Gasteiger partial charge is 0.494 e. The summed E-state index contributed by atoms with van der Waals surface area (Å²) in [6, 6.07) is 13.9. The number of nitrogens with one attached hydrogen (secondary N) is 1. The fraction of sp³-hybridized carbons (Fsp3) is 0.462. The van der Waals surface area contributed by atoms with Crippen molar-refractivity contribution in [3.63, 3.8) is 0 Å². The molecular formula is C26H33N5O3. The summed E-state index contributed by atoms with van der Waals surface area (Å²) in [4.78, 5) is 18.0. The number of para-hydroxylation sites is 1. The molecule has 8 nitrogen and oxygen atoms in total. The molecule has 1 N–H and O–H groups in total. The van der Waals surface area contributed by atoms with Gasteiger partial charge in [-0.05, 0) is 49.6 Å². The van der Waals surface area contributed by atoms with Crippen molar-refractivity contribution in [2.75, 3.05) is 63.3 Å². The van der Waals surface area contributed by atoms with E-state index in [0.717, 1.165) is 68.3 Å². The third kappa shape index (κ3) is 4.88. The van der Waals surface area contributed by atoms with Crippen LogP contribution in [0.2, 0.25) is 0 Å². The summed E-state index contributed by atoms with van der Waals surface area (Å²) in [5, 5.41) is 8.56. The number of benzene rings is 2. The molecule has 1 aromatic heterocycles. The Bertz CT molecular complexity index is 1120. The standard InChI is InChI=1S/C26H33N5O3/c1-33-23-7-5-6-22-24(28-31(25(22)23)15-14-29-16-18-34-19-17-29)26(32)27-20-8-10-21(11-9-20)30-12-3-2-4-13-30/h5-11H,2-4,12-19H2,1H3,(H,27,32). The second-order valence-corrected chi connectivity index (χ2v) is 8.93.